The molecule has 11 heteroatoms. The maximum atomic E-state index is 12.8. The number of hydrogen-bond acceptors (Lipinski definition) is 9. The second-order valence-electron chi connectivity index (χ2n) is 8.30. The van der Waals surface area contributed by atoms with Crippen molar-refractivity contribution in [3.05, 3.63) is 40.0 Å². The Morgan fingerprint density at radius 2 is 1.85 bits per heavy atom. The van der Waals surface area contributed by atoms with Crippen LogP contribution < -0.4 is 9.47 Å². The number of hydrogen-bond donors (Lipinski definition) is 0. The molecule has 1 aromatic carbocycles. The lowest BCUT2D eigenvalue weighted by Gasteiger charge is -2.17. The normalized spacial score (nSPS) is 25.7. The first-order valence-electron chi connectivity index (χ1n) is 11.1. The molecule has 0 radical (unpaired) electrons. The van der Waals surface area contributed by atoms with Gasteiger partial charge < -0.3 is 14.2 Å². The van der Waals surface area contributed by atoms with Crippen LogP contribution in [0.15, 0.2) is 29.4 Å². The van der Waals surface area contributed by atoms with Crippen molar-refractivity contribution in [3.8, 4) is 11.5 Å². The zero-order valence-electron chi connectivity index (χ0n) is 19.0. The summed E-state index contributed by atoms with van der Waals surface area (Å²) < 4.78 is 16.0. The fraction of sp³-hybridized carbons (Fsp3) is 0.478. The number of rotatable bonds is 9. The van der Waals surface area contributed by atoms with Crippen LogP contribution in [0.4, 0.5) is 5.69 Å². The molecule has 1 heterocycles. The van der Waals surface area contributed by atoms with Gasteiger partial charge in [0.05, 0.1) is 36.2 Å². The van der Waals surface area contributed by atoms with Crippen LogP contribution in [0, 0.1) is 33.8 Å². The maximum Gasteiger partial charge on any atom is 0.347 e. The summed E-state index contributed by atoms with van der Waals surface area (Å²) in [5.74, 6) is -2.28. The second kappa shape index (κ2) is 9.24. The largest absolute Gasteiger partial charge is 0.490 e. The molecule has 5 unspecified atom stereocenters. The van der Waals surface area contributed by atoms with Gasteiger partial charge in [-0.1, -0.05) is 12.2 Å². The van der Waals surface area contributed by atoms with Gasteiger partial charge in [0.25, 0.3) is 11.8 Å². The molecule has 3 aliphatic rings. The van der Waals surface area contributed by atoms with Crippen molar-refractivity contribution in [2.45, 2.75) is 33.3 Å². The average Bonchev–Trinajstić information content (AvgIpc) is 3.48. The molecule has 5 atom stereocenters. The van der Waals surface area contributed by atoms with Crippen molar-refractivity contribution >= 4 is 29.7 Å². The fourth-order valence-electron chi connectivity index (χ4n) is 4.81. The van der Waals surface area contributed by atoms with Crippen LogP contribution >= 0.6 is 0 Å². The predicted molar refractivity (Wildman–Crippen MR) is 118 cm³/mol. The zero-order valence-corrected chi connectivity index (χ0v) is 19.0. The third-order valence-corrected chi connectivity index (χ3v) is 6.24. The van der Waals surface area contributed by atoms with E-state index in [2.05, 4.69) is 5.10 Å². The number of imide groups is 1. The molecule has 2 aliphatic carbocycles. The summed E-state index contributed by atoms with van der Waals surface area (Å²) >= 11 is 0. The first kappa shape index (κ1) is 23.4. The van der Waals surface area contributed by atoms with Gasteiger partial charge in [-0.05, 0) is 45.1 Å². The van der Waals surface area contributed by atoms with E-state index >= 15 is 0 Å². The Morgan fingerprint density at radius 1 is 1.21 bits per heavy atom. The zero-order chi connectivity index (χ0) is 24.6. The summed E-state index contributed by atoms with van der Waals surface area (Å²) in [5.41, 5.74) is -0.230. The first-order valence-corrected chi connectivity index (χ1v) is 11.1. The van der Waals surface area contributed by atoms with Crippen molar-refractivity contribution in [1.29, 1.82) is 0 Å². The van der Waals surface area contributed by atoms with Crippen LogP contribution in [0.3, 0.4) is 0 Å². The lowest BCUT2D eigenvalue weighted by Crippen LogP contribution is -2.28. The number of nitro groups is 1. The Hall–Kier alpha value is -3.76. The van der Waals surface area contributed by atoms with Gasteiger partial charge in [0.2, 0.25) is 5.75 Å². The maximum absolute atomic E-state index is 12.8. The molecule has 0 aromatic heterocycles. The van der Waals surface area contributed by atoms with Crippen molar-refractivity contribution in [3.63, 3.8) is 0 Å². The minimum atomic E-state index is -1.11. The van der Waals surface area contributed by atoms with E-state index in [1.807, 2.05) is 12.2 Å². The highest BCUT2D eigenvalue weighted by Gasteiger charge is 2.59. The number of benzene rings is 1. The fourth-order valence-corrected chi connectivity index (χ4v) is 4.81. The Bertz CT molecular complexity index is 1070. The average molecular weight is 471 g/mol. The monoisotopic (exact) mass is 471 g/mol. The lowest BCUT2D eigenvalue weighted by atomic mass is 9.85. The van der Waals surface area contributed by atoms with E-state index in [-0.39, 0.29) is 53.9 Å². The van der Waals surface area contributed by atoms with E-state index in [0.29, 0.717) is 0 Å². The van der Waals surface area contributed by atoms with Gasteiger partial charge in [-0.2, -0.15) is 10.1 Å². The molecular formula is C23H25N3O8. The van der Waals surface area contributed by atoms with Crippen LogP contribution in [-0.4, -0.2) is 53.2 Å². The minimum Gasteiger partial charge on any atom is -0.490 e. The Morgan fingerprint density at radius 3 is 2.41 bits per heavy atom. The summed E-state index contributed by atoms with van der Waals surface area (Å²) in [7, 11) is 0. The molecule has 1 saturated carbocycles. The molecule has 1 aromatic rings. The number of hydrazone groups is 1. The highest BCUT2D eigenvalue weighted by molar-refractivity contribution is 6.06. The Labute approximate surface area is 195 Å². The van der Waals surface area contributed by atoms with Crippen molar-refractivity contribution in [2.24, 2.45) is 28.8 Å². The highest BCUT2D eigenvalue weighted by atomic mass is 16.6. The molecule has 2 bridgehead atoms. The summed E-state index contributed by atoms with van der Waals surface area (Å²) in [6.07, 6.45) is 4.87. The third-order valence-electron chi connectivity index (χ3n) is 6.24. The topological polar surface area (TPSA) is 138 Å². The van der Waals surface area contributed by atoms with Crippen molar-refractivity contribution in [1.82, 2.24) is 5.01 Å². The minimum absolute atomic E-state index is 0.0208. The summed E-state index contributed by atoms with van der Waals surface area (Å²) in [6.45, 7) is 5.04. The molecule has 34 heavy (non-hydrogen) atoms. The van der Waals surface area contributed by atoms with Gasteiger partial charge in [0.1, 0.15) is 0 Å². The number of esters is 1. The van der Waals surface area contributed by atoms with Crippen molar-refractivity contribution in [2.75, 3.05) is 13.2 Å². The SMILES string of the molecule is CCOC(=O)C(C)Oc1c(OCC)cc(C=NN2C(=O)C3C4C=CC(C4)C3C2=O)cc1[N+](=O)[O-]. The molecule has 11 nitrogen and oxygen atoms in total. The number of nitro benzene ring substituents is 1. The van der Waals surface area contributed by atoms with Crippen LogP contribution in [0.1, 0.15) is 32.8 Å². The molecule has 4 rings (SSSR count). The molecule has 2 fully saturated rings. The van der Waals surface area contributed by atoms with Crippen LogP contribution in [0.2, 0.25) is 0 Å². The number of ether oxygens (including phenoxy) is 3. The molecule has 2 amide bonds. The number of carbonyl (C=O) groups excluding carboxylic acids is 3. The number of allylic oxidation sites excluding steroid dienone is 2. The lowest BCUT2D eigenvalue weighted by molar-refractivity contribution is -0.386. The first-order chi connectivity index (χ1) is 16.3. The van der Waals surface area contributed by atoms with Crippen molar-refractivity contribution < 1.29 is 33.5 Å². The standard InChI is InChI=1S/C23H25N3O8/c1-4-32-17-9-13(8-16(26(30)31)20(17)34-12(3)23(29)33-5-2)11-24-25-21(27)18-14-6-7-15(10-14)19(18)22(25)28/h6-9,11-12,14-15,18-19H,4-5,10H2,1-3H3. The molecular weight excluding hydrogens is 446 g/mol. The van der Waals surface area contributed by atoms with Crippen LogP contribution in [0.25, 0.3) is 0 Å². The molecule has 0 N–H and O–H groups in total. The number of fused-ring (bicyclic) bond motifs is 5. The third kappa shape index (κ3) is 4.02. The Balaban J connectivity index is 1.62. The van der Waals surface area contributed by atoms with Gasteiger partial charge in [0.15, 0.2) is 11.9 Å². The molecule has 1 aliphatic heterocycles. The summed E-state index contributed by atoms with van der Waals surface area (Å²) in [4.78, 5) is 48.7. The summed E-state index contributed by atoms with van der Waals surface area (Å²) in [5, 5.41) is 16.7. The van der Waals surface area contributed by atoms with Crippen LogP contribution in [-0.2, 0) is 19.1 Å². The number of amides is 2. The summed E-state index contributed by atoms with van der Waals surface area (Å²) in [6, 6.07) is 2.61. The van der Waals surface area contributed by atoms with Gasteiger partial charge in [-0.3, -0.25) is 19.7 Å². The van der Waals surface area contributed by atoms with E-state index in [0.717, 1.165) is 11.4 Å². The molecule has 180 valence electrons. The number of carbonyl (C=O) groups is 3. The highest BCUT2D eigenvalue weighted by Crippen LogP contribution is 2.52. The predicted octanol–water partition coefficient (Wildman–Crippen LogP) is 2.46. The van der Waals surface area contributed by atoms with E-state index in [1.165, 1.54) is 25.3 Å². The van der Waals surface area contributed by atoms with Gasteiger partial charge in [-0.25, -0.2) is 4.79 Å². The van der Waals surface area contributed by atoms with E-state index < -0.39 is 34.5 Å². The second-order valence-corrected chi connectivity index (χ2v) is 8.30. The Kier molecular flexibility index (Phi) is 6.36. The van der Waals surface area contributed by atoms with E-state index in [9.17, 15) is 24.5 Å². The molecule has 0 spiro atoms. The van der Waals surface area contributed by atoms with Gasteiger partial charge >= 0.3 is 11.7 Å². The molecule has 1 saturated heterocycles. The van der Waals surface area contributed by atoms with E-state index in [1.54, 1.807) is 13.8 Å². The van der Waals surface area contributed by atoms with Crippen LogP contribution in [0.5, 0.6) is 11.5 Å². The van der Waals surface area contributed by atoms with Gasteiger partial charge in [-0.15, -0.1) is 0 Å². The quantitative estimate of drug-likeness (QED) is 0.134. The smallest absolute Gasteiger partial charge is 0.347 e. The van der Waals surface area contributed by atoms with Gasteiger partial charge in [0, 0.05) is 11.6 Å². The van der Waals surface area contributed by atoms with E-state index in [4.69, 9.17) is 14.2 Å². The number of nitrogens with zero attached hydrogens (tertiary/aromatic N) is 3.